The van der Waals surface area contributed by atoms with E-state index in [9.17, 15) is 0 Å². The molecule has 2 nitrogen and oxygen atoms in total. The van der Waals surface area contributed by atoms with Crippen molar-refractivity contribution in [1.82, 2.24) is 0 Å². The van der Waals surface area contributed by atoms with Gasteiger partial charge in [0.2, 0.25) is 0 Å². The van der Waals surface area contributed by atoms with Gasteiger partial charge in [-0.2, -0.15) is 0 Å². The van der Waals surface area contributed by atoms with Gasteiger partial charge in [0.05, 0.1) is 7.11 Å². The molecule has 1 rings (SSSR count). The number of rotatable bonds is 6. The summed E-state index contributed by atoms with van der Waals surface area (Å²) >= 11 is 0. The van der Waals surface area contributed by atoms with Crippen LogP contribution in [0.25, 0.3) is 0 Å². The number of benzene rings is 1. The third-order valence-electron chi connectivity index (χ3n) is 2.22. The molecule has 0 saturated carbocycles. The smallest absolute Gasteiger partial charge is 0.119 e. The Kier molecular flexibility index (Phi) is 5.52. The molecular formula is C13H19NO. The Morgan fingerprint density at radius 3 is 2.93 bits per heavy atom. The first-order chi connectivity index (χ1) is 7.36. The van der Waals surface area contributed by atoms with E-state index in [2.05, 4.69) is 11.9 Å². The molecule has 1 aromatic carbocycles. The monoisotopic (exact) mass is 205 g/mol. The second-order valence-corrected chi connectivity index (χ2v) is 3.52. The molecule has 0 unspecified atom stereocenters. The van der Waals surface area contributed by atoms with Gasteiger partial charge in [0.15, 0.2) is 0 Å². The molecule has 0 amide bonds. The van der Waals surface area contributed by atoms with Gasteiger partial charge >= 0.3 is 0 Å². The van der Waals surface area contributed by atoms with E-state index in [1.165, 1.54) is 19.3 Å². The Morgan fingerprint density at radius 1 is 1.33 bits per heavy atom. The van der Waals surface area contributed by atoms with E-state index < -0.39 is 0 Å². The molecule has 0 bridgehead atoms. The largest absolute Gasteiger partial charge is 0.497 e. The third-order valence-corrected chi connectivity index (χ3v) is 2.22. The second kappa shape index (κ2) is 7.04. The fourth-order valence-corrected chi connectivity index (χ4v) is 1.34. The van der Waals surface area contributed by atoms with E-state index >= 15 is 0 Å². The van der Waals surface area contributed by atoms with Gasteiger partial charge in [0, 0.05) is 12.8 Å². The molecule has 82 valence electrons. The Labute approximate surface area is 92.0 Å². The van der Waals surface area contributed by atoms with Crippen molar-refractivity contribution in [3.63, 3.8) is 0 Å². The first-order valence-corrected chi connectivity index (χ1v) is 5.50. The molecule has 2 heteroatoms. The lowest BCUT2D eigenvalue weighted by atomic mass is 10.2. The SMILES string of the molecule is CCCCCN=Cc1cccc(OC)c1. The predicted molar refractivity (Wildman–Crippen MR) is 65.0 cm³/mol. The molecule has 0 aliphatic rings. The molecule has 1 aromatic rings. The van der Waals surface area contributed by atoms with Gasteiger partial charge in [-0.05, 0) is 24.1 Å². The summed E-state index contributed by atoms with van der Waals surface area (Å²) in [4.78, 5) is 4.37. The van der Waals surface area contributed by atoms with Crippen LogP contribution in [0.5, 0.6) is 5.75 Å². The van der Waals surface area contributed by atoms with E-state index in [4.69, 9.17) is 4.74 Å². The van der Waals surface area contributed by atoms with Crippen molar-refractivity contribution in [1.29, 1.82) is 0 Å². The highest BCUT2D eigenvalue weighted by Crippen LogP contribution is 2.10. The first-order valence-electron chi connectivity index (χ1n) is 5.50. The minimum absolute atomic E-state index is 0.882. The van der Waals surface area contributed by atoms with Crippen LogP contribution in [-0.4, -0.2) is 19.9 Å². The zero-order valence-corrected chi connectivity index (χ0v) is 9.57. The Morgan fingerprint density at radius 2 is 2.20 bits per heavy atom. The van der Waals surface area contributed by atoms with Gasteiger partial charge in [-0.15, -0.1) is 0 Å². The summed E-state index contributed by atoms with van der Waals surface area (Å²) in [6, 6.07) is 7.94. The molecule has 0 saturated heterocycles. The highest BCUT2D eigenvalue weighted by atomic mass is 16.5. The average molecular weight is 205 g/mol. The summed E-state index contributed by atoms with van der Waals surface area (Å²) in [5, 5.41) is 0. The van der Waals surface area contributed by atoms with Crippen LogP contribution in [0.1, 0.15) is 31.7 Å². The molecule has 0 aliphatic heterocycles. The van der Waals surface area contributed by atoms with Gasteiger partial charge < -0.3 is 4.74 Å². The van der Waals surface area contributed by atoms with E-state index in [1.54, 1.807) is 7.11 Å². The van der Waals surface area contributed by atoms with Crippen molar-refractivity contribution in [2.75, 3.05) is 13.7 Å². The van der Waals surface area contributed by atoms with E-state index in [0.717, 1.165) is 17.9 Å². The van der Waals surface area contributed by atoms with Crippen LogP contribution in [0.4, 0.5) is 0 Å². The average Bonchev–Trinajstić information content (AvgIpc) is 2.29. The van der Waals surface area contributed by atoms with Crippen LogP contribution in [-0.2, 0) is 0 Å². The maximum atomic E-state index is 5.14. The molecule has 0 fully saturated rings. The summed E-state index contributed by atoms with van der Waals surface area (Å²) < 4.78 is 5.14. The molecule has 15 heavy (non-hydrogen) atoms. The third kappa shape index (κ3) is 4.63. The molecule has 0 spiro atoms. The fraction of sp³-hybridized carbons (Fsp3) is 0.462. The van der Waals surface area contributed by atoms with Crippen molar-refractivity contribution in [3.8, 4) is 5.75 Å². The van der Waals surface area contributed by atoms with E-state index in [-0.39, 0.29) is 0 Å². The summed E-state index contributed by atoms with van der Waals surface area (Å²) in [6.45, 7) is 3.12. The van der Waals surface area contributed by atoms with E-state index in [0.29, 0.717) is 0 Å². The number of hydrogen-bond donors (Lipinski definition) is 0. The lowest BCUT2D eigenvalue weighted by Crippen LogP contribution is -1.87. The van der Waals surface area contributed by atoms with Crippen LogP contribution >= 0.6 is 0 Å². The quantitative estimate of drug-likeness (QED) is 0.516. The van der Waals surface area contributed by atoms with Gasteiger partial charge in [-0.25, -0.2) is 0 Å². The molecule has 0 atom stereocenters. The number of aliphatic imine (C=N–C) groups is 1. The van der Waals surface area contributed by atoms with Crippen molar-refractivity contribution in [3.05, 3.63) is 29.8 Å². The Bertz CT molecular complexity index is 307. The maximum Gasteiger partial charge on any atom is 0.119 e. The zero-order valence-electron chi connectivity index (χ0n) is 9.57. The van der Waals surface area contributed by atoms with Crippen molar-refractivity contribution in [2.45, 2.75) is 26.2 Å². The lowest BCUT2D eigenvalue weighted by Gasteiger charge is -1.99. The maximum absolute atomic E-state index is 5.14. The molecule has 0 aromatic heterocycles. The predicted octanol–water partition coefficient (Wildman–Crippen LogP) is 3.30. The van der Waals surface area contributed by atoms with Crippen LogP contribution in [0, 0.1) is 0 Å². The van der Waals surface area contributed by atoms with Crippen LogP contribution in [0.15, 0.2) is 29.3 Å². The summed E-state index contributed by atoms with van der Waals surface area (Å²) in [5.74, 6) is 0.882. The standard InChI is InChI=1S/C13H19NO/c1-3-4-5-9-14-11-12-7-6-8-13(10-12)15-2/h6-8,10-11H,3-5,9H2,1-2H3. The normalized spacial score (nSPS) is 10.8. The summed E-state index contributed by atoms with van der Waals surface area (Å²) in [5.41, 5.74) is 1.10. The minimum atomic E-state index is 0.882. The molecule has 0 heterocycles. The van der Waals surface area contributed by atoms with Crippen molar-refractivity contribution >= 4 is 6.21 Å². The Balaban J connectivity index is 2.41. The molecule has 0 aliphatic carbocycles. The number of ether oxygens (including phenoxy) is 1. The number of unbranched alkanes of at least 4 members (excludes halogenated alkanes) is 2. The Hall–Kier alpha value is -1.31. The highest BCUT2D eigenvalue weighted by molar-refractivity contribution is 5.80. The number of hydrogen-bond acceptors (Lipinski definition) is 2. The number of methoxy groups -OCH3 is 1. The van der Waals surface area contributed by atoms with Gasteiger partial charge in [0.1, 0.15) is 5.75 Å². The lowest BCUT2D eigenvalue weighted by molar-refractivity contribution is 0.415. The number of nitrogens with zero attached hydrogens (tertiary/aromatic N) is 1. The molecule has 0 radical (unpaired) electrons. The molecular weight excluding hydrogens is 186 g/mol. The van der Waals surface area contributed by atoms with Crippen molar-refractivity contribution < 1.29 is 4.74 Å². The van der Waals surface area contributed by atoms with Crippen LogP contribution < -0.4 is 4.74 Å². The fourth-order valence-electron chi connectivity index (χ4n) is 1.34. The van der Waals surface area contributed by atoms with Gasteiger partial charge in [-0.1, -0.05) is 31.9 Å². The topological polar surface area (TPSA) is 21.6 Å². The van der Waals surface area contributed by atoms with Gasteiger partial charge in [0.25, 0.3) is 0 Å². The first kappa shape index (κ1) is 11.8. The summed E-state index contributed by atoms with van der Waals surface area (Å²) in [6.07, 6.45) is 5.60. The minimum Gasteiger partial charge on any atom is -0.497 e. The second-order valence-electron chi connectivity index (χ2n) is 3.52. The van der Waals surface area contributed by atoms with Crippen LogP contribution in [0.3, 0.4) is 0 Å². The highest BCUT2D eigenvalue weighted by Gasteiger charge is 1.91. The summed E-state index contributed by atoms with van der Waals surface area (Å²) in [7, 11) is 1.68. The van der Waals surface area contributed by atoms with Crippen LogP contribution in [0.2, 0.25) is 0 Å². The van der Waals surface area contributed by atoms with Gasteiger partial charge in [-0.3, -0.25) is 4.99 Å². The zero-order chi connectivity index (χ0) is 10.9. The van der Waals surface area contributed by atoms with E-state index in [1.807, 2.05) is 30.5 Å². The van der Waals surface area contributed by atoms with Crippen molar-refractivity contribution in [2.24, 2.45) is 4.99 Å². The molecule has 0 N–H and O–H groups in total.